The number of carbonyl (C=O) groups is 6. The molecule has 0 spiro atoms. The summed E-state index contributed by atoms with van der Waals surface area (Å²) in [6.45, 7) is 8.44. The van der Waals surface area contributed by atoms with E-state index in [9.17, 15) is 28.8 Å². The van der Waals surface area contributed by atoms with Crippen LogP contribution in [0.2, 0.25) is 0 Å². The lowest BCUT2D eigenvalue weighted by Crippen LogP contribution is -2.13. The lowest BCUT2D eigenvalue weighted by Gasteiger charge is -2.12. The minimum atomic E-state index is -0.764. The number of ether oxygens (including phenoxy) is 8. The van der Waals surface area contributed by atoms with E-state index in [1.165, 1.54) is 60.7 Å². The van der Waals surface area contributed by atoms with Gasteiger partial charge in [0, 0.05) is 16.6 Å². The van der Waals surface area contributed by atoms with Crippen molar-refractivity contribution in [2.24, 2.45) is 0 Å². The molecule has 15 heteroatoms. The molecule has 0 aromatic heterocycles. The lowest BCUT2D eigenvalue weighted by molar-refractivity contribution is -0.138. The lowest BCUT2D eigenvalue weighted by atomic mass is 10.2. The van der Waals surface area contributed by atoms with Crippen molar-refractivity contribution in [1.82, 2.24) is 0 Å². The van der Waals surface area contributed by atoms with Gasteiger partial charge in [0.2, 0.25) is 0 Å². The second kappa shape index (κ2) is 27.1. The highest BCUT2D eigenvalue weighted by atomic mass is 79.9. The Balaban J connectivity index is 1.04. The van der Waals surface area contributed by atoms with E-state index in [1.54, 1.807) is 54.6 Å². The summed E-state index contributed by atoms with van der Waals surface area (Å²) in [5, 5.41) is 0. The molecule has 0 saturated carbocycles. The van der Waals surface area contributed by atoms with Crippen molar-refractivity contribution in [3.8, 4) is 34.5 Å². The van der Waals surface area contributed by atoms with Crippen LogP contribution >= 0.6 is 15.9 Å². The zero-order valence-corrected chi connectivity index (χ0v) is 38.2. The Morgan fingerprint density at radius 3 is 1.09 bits per heavy atom. The molecular formula is C52H49BrO14. The van der Waals surface area contributed by atoms with Gasteiger partial charge in [-0.3, -0.25) is 0 Å². The SMILES string of the molecule is C=CC(=O)OCCCCCCOc1ccc(C(=O)Oc2ccc(C(=O)Oc3ccc(Br)cc3OC(=O)c3ccc(OC(=O)c4ccc(OCCCCCCOC(=O)C=C)cc4)cc3)cc2)cc1. The number of rotatable bonds is 26. The molecule has 5 aromatic rings. The van der Waals surface area contributed by atoms with Crippen LogP contribution in [0.5, 0.6) is 34.5 Å². The van der Waals surface area contributed by atoms with Crippen LogP contribution in [0.15, 0.2) is 145 Å². The monoisotopic (exact) mass is 976 g/mol. The minimum Gasteiger partial charge on any atom is -0.494 e. The Kier molecular flexibility index (Phi) is 20.4. The van der Waals surface area contributed by atoms with Crippen molar-refractivity contribution >= 4 is 51.7 Å². The van der Waals surface area contributed by atoms with Crippen LogP contribution in [-0.2, 0) is 19.1 Å². The van der Waals surface area contributed by atoms with Crippen molar-refractivity contribution in [2.75, 3.05) is 26.4 Å². The van der Waals surface area contributed by atoms with Crippen molar-refractivity contribution in [2.45, 2.75) is 51.4 Å². The summed E-state index contributed by atoms with van der Waals surface area (Å²) < 4.78 is 44.2. The quantitative estimate of drug-likeness (QED) is 0.0221. The maximum atomic E-state index is 13.2. The molecule has 0 heterocycles. The molecule has 0 bridgehead atoms. The standard InChI is InChI=1S/C52H49BrO14/c1-3-47(54)62-33-11-7-5-9-31-60-41-22-13-36(14-23-41)49(56)64-43-26-17-38(18-27-43)51(58)66-45-30-21-40(53)35-46(45)67-52(59)39-19-28-44(29-20-39)65-50(57)37-15-24-42(25-16-37)61-32-10-6-8-12-34-63-48(55)4-2/h3-4,13-30,35H,1-2,5-12,31-34H2. The van der Waals surface area contributed by atoms with E-state index in [1.807, 2.05) is 0 Å². The molecule has 0 N–H and O–H groups in total. The molecule has 0 aliphatic rings. The Labute approximate surface area is 396 Å². The van der Waals surface area contributed by atoms with E-state index in [-0.39, 0.29) is 34.1 Å². The summed E-state index contributed by atoms with van der Waals surface area (Å²) in [5.74, 6) is -2.05. The van der Waals surface area contributed by atoms with Crippen molar-refractivity contribution in [1.29, 1.82) is 0 Å². The van der Waals surface area contributed by atoms with Gasteiger partial charge < -0.3 is 37.9 Å². The van der Waals surface area contributed by atoms with Crippen molar-refractivity contribution in [3.05, 3.63) is 167 Å². The molecule has 5 aromatic carbocycles. The van der Waals surface area contributed by atoms with E-state index < -0.39 is 35.8 Å². The Bertz CT molecular complexity index is 2460. The number of halogens is 1. The third kappa shape index (κ3) is 17.4. The fourth-order valence-corrected chi connectivity index (χ4v) is 6.29. The molecule has 0 radical (unpaired) electrons. The minimum absolute atomic E-state index is 0.0316. The van der Waals surface area contributed by atoms with Gasteiger partial charge in [-0.05, 0) is 167 Å². The third-order valence-electron chi connectivity index (χ3n) is 9.53. The molecule has 0 unspecified atom stereocenters. The molecule has 348 valence electrons. The van der Waals surface area contributed by atoms with Crippen LogP contribution in [0, 0.1) is 0 Å². The van der Waals surface area contributed by atoms with Crippen molar-refractivity contribution < 1.29 is 66.7 Å². The van der Waals surface area contributed by atoms with E-state index in [4.69, 9.17) is 37.9 Å². The number of benzene rings is 5. The highest BCUT2D eigenvalue weighted by Crippen LogP contribution is 2.32. The molecule has 0 fully saturated rings. The van der Waals surface area contributed by atoms with Gasteiger partial charge in [-0.1, -0.05) is 29.1 Å². The third-order valence-corrected chi connectivity index (χ3v) is 10.0. The zero-order chi connectivity index (χ0) is 47.8. The molecule has 0 atom stereocenters. The van der Waals surface area contributed by atoms with Gasteiger partial charge >= 0.3 is 35.8 Å². The average molecular weight is 978 g/mol. The number of hydrogen-bond donors (Lipinski definition) is 0. The summed E-state index contributed by atoms with van der Waals surface area (Å²) in [7, 11) is 0. The van der Waals surface area contributed by atoms with Gasteiger partial charge in [0.25, 0.3) is 0 Å². The predicted octanol–water partition coefficient (Wildman–Crippen LogP) is 10.7. The van der Waals surface area contributed by atoms with Gasteiger partial charge in [0.15, 0.2) is 11.5 Å². The zero-order valence-electron chi connectivity index (χ0n) is 36.6. The highest BCUT2D eigenvalue weighted by Gasteiger charge is 2.19. The van der Waals surface area contributed by atoms with Gasteiger partial charge in [-0.25, -0.2) is 28.8 Å². The van der Waals surface area contributed by atoms with Crippen molar-refractivity contribution in [3.63, 3.8) is 0 Å². The number of hydrogen-bond acceptors (Lipinski definition) is 14. The first kappa shape index (κ1) is 50.5. The Morgan fingerprint density at radius 2 is 0.716 bits per heavy atom. The van der Waals surface area contributed by atoms with Crippen LogP contribution in [0.1, 0.15) is 92.8 Å². The first-order valence-electron chi connectivity index (χ1n) is 21.4. The molecule has 5 rings (SSSR count). The molecule has 0 amide bonds. The average Bonchev–Trinajstić information content (AvgIpc) is 3.34. The number of esters is 6. The first-order valence-corrected chi connectivity index (χ1v) is 22.2. The van der Waals surface area contributed by atoms with Gasteiger partial charge in [0.05, 0.1) is 48.7 Å². The fraction of sp³-hybridized carbons (Fsp3) is 0.231. The highest BCUT2D eigenvalue weighted by molar-refractivity contribution is 9.10. The largest absolute Gasteiger partial charge is 0.494 e. The normalized spacial score (nSPS) is 10.5. The van der Waals surface area contributed by atoms with E-state index in [2.05, 4.69) is 29.1 Å². The molecule has 0 aliphatic heterocycles. The van der Waals surface area contributed by atoms with Crippen LogP contribution in [0.25, 0.3) is 0 Å². The Morgan fingerprint density at radius 1 is 0.388 bits per heavy atom. The maximum Gasteiger partial charge on any atom is 0.343 e. The van der Waals surface area contributed by atoms with E-state index in [0.717, 1.165) is 63.5 Å². The second-order valence-electron chi connectivity index (χ2n) is 14.5. The van der Waals surface area contributed by atoms with E-state index in [0.29, 0.717) is 53.5 Å². The van der Waals surface area contributed by atoms with Gasteiger partial charge in [0.1, 0.15) is 23.0 Å². The number of carbonyl (C=O) groups excluding carboxylic acids is 6. The molecule has 0 aliphatic carbocycles. The maximum absolute atomic E-state index is 13.2. The van der Waals surface area contributed by atoms with E-state index >= 15 is 0 Å². The molecule has 14 nitrogen and oxygen atoms in total. The van der Waals surface area contributed by atoms with Gasteiger partial charge in [-0.2, -0.15) is 0 Å². The molecular weight excluding hydrogens is 928 g/mol. The summed E-state index contributed by atoms with van der Waals surface area (Å²) in [5.41, 5.74) is 0.870. The first-order chi connectivity index (χ1) is 32.5. The molecule has 0 saturated heterocycles. The molecule has 67 heavy (non-hydrogen) atoms. The van der Waals surface area contributed by atoms with Crippen LogP contribution in [0.3, 0.4) is 0 Å². The second-order valence-corrected chi connectivity index (χ2v) is 15.4. The summed E-state index contributed by atoms with van der Waals surface area (Å²) in [6.07, 6.45) is 9.06. The van der Waals surface area contributed by atoms with Gasteiger partial charge in [-0.15, -0.1) is 0 Å². The summed E-state index contributed by atoms with van der Waals surface area (Å²) >= 11 is 3.35. The Hall–Kier alpha value is -7.52. The van der Waals surface area contributed by atoms with Crippen LogP contribution < -0.4 is 28.4 Å². The predicted molar refractivity (Wildman–Crippen MR) is 250 cm³/mol. The number of unbranched alkanes of at least 4 members (excludes halogenated alkanes) is 6. The summed E-state index contributed by atoms with van der Waals surface area (Å²) in [6, 6.07) is 29.1. The van der Waals surface area contributed by atoms with Crippen LogP contribution in [-0.4, -0.2) is 62.2 Å². The topological polar surface area (TPSA) is 176 Å². The van der Waals surface area contributed by atoms with Crippen LogP contribution in [0.4, 0.5) is 0 Å². The summed E-state index contributed by atoms with van der Waals surface area (Å²) in [4.78, 5) is 74.1. The fourth-order valence-electron chi connectivity index (χ4n) is 5.95. The smallest absolute Gasteiger partial charge is 0.343 e.